The van der Waals surface area contributed by atoms with E-state index >= 15 is 0 Å². The predicted molar refractivity (Wildman–Crippen MR) is 74.4 cm³/mol. The first kappa shape index (κ1) is 13.8. The minimum absolute atomic E-state index is 0.149. The van der Waals surface area contributed by atoms with E-state index in [-0.39, 0.29) is 12.1 Å². The quantitative estimate of drug-likeness (QED) is 0.665. The molecule has 2 N–H and O–H groups in total. The minimum Gasteiger partial charge on any atom is -0.370 e. The van der Waals surface area contributed by atoms with Crippen LogP contribution in [0.4, 0.5) is 0 Å². The summed E-state index contributed by atoms with van der Waals surface area (Å²) < 4.78 is 0. The Bertz CT molecular complexity index is 401. The molecule has 0 saturated heterocycles. The van der Waals surface area contributed by atoms with Gasteiger partial charge in [-0.2, -0.15) is 0 Å². The molecule has 3 nitrogen and oxygen atoms in total. The summed E-state index contributed by atoms with van der Waals surface area (Å²) in [4.78, 5) is 6.28. The molecule has 0 aromatic heterocycles. The standard InChI is InChI=1S/C13H20ClN3/c1-9(2)16-13(15)17(4)10(3)11-6-5-7-12(14)8-11/h5-10H,1-4H3,(H2,15,16). The van der Waals surface area contributed by atoms with Gasteiger partial charge in [0.15, 0.2) is 5.96 Å². The fourth-order valence-corrected chi connectivity index (χ4v) is 1.74. The Morgan fingerprint density at radius 1 is 1.35 bits per heavy atom. The van der Waals surface area contributed by atoms with Crippen LogP contribution in [-0.4, -0.2) is 23.9 Å². The van der Waals surface area contributed by atoms with Crippen LogP contribution in [0.2, 0.25) is 5.02 Å². The maximum absolute atomic E-state index is 5.98. The monoisotopic (exact) mass is 253 g/mol. The van der Waals surface area contributed by atoms with Crippen molar-refractivity contribution in [1.82, 2.24) is 4.90 Å². The normalized spacial score (nSPS) is 13.9. The molecule has 0 aliphatic rings. The molecule has 94 valence electrons. The average Bonchev–Trinajstić information content (AvgIpc) is 2.26. The molecule has 0 spiro atoms. The number of halogens is 1. The lowest BCUT2D eigenvalue weighted by Crippen LogP contribution is -2.36. The summed E-state index contributed by atoms with van der Waals surface area (Å²) in [5, 5.41) is 0.738. The molecule has 1 rings (SSSR count). The Hall–Kier alpha value is -1.22. The Morgan fingerprint density at radius 2 is 2.00 bits per heavy atom. The smallest absolute Gasteiger partial charge is 0.191 e. The number of rotatable bonds is 3. The first-order valence-electron chi connectivity index (χ1n) is 5.73. The second kappa shape index (κ2) is 5.92. The second-order valence-electron chi connectivity index (χ2n) is 4.42. The summed E-state index contributed by atoms with van der Waals surface area (Å²) in [6, 6.07) is 8.14. The van der Waals surface area contributed by atoms with Crippen LogP contribution in [-0.2, 0) is 0 Å². The number of hydrogen-bond donors (Lipinski definition) is 1. The highest BCUT2D eigenvalue weighted by atomic mass is 35.5. The van der Waals surface area contributed by atoms with E-state index in [2.05, 4.69) is 11.9 Å². The Balaban J connectivity index is 2.86. The maximum Gasteiger partial charge on any atom is 0.191 e. The molecular formula is C13H20ClN3. The minimum atomic E-state index is 0.149. The fourth-order valence-electron chi connectivity index (χ4n) is 1.54. The van der Waals surface area contributed by atoms with Gasteiger partial charge in [-0.15, -0.1) is 0 Å². The summed E-state index contributed by atoms with van der Waals surface area (Å²) >= 11 is 5.98. The molecule has 0 radical (unpaired) electrons. The van der Waals surface area contributed by atoms with E-state index in [1.165, 1.54) is 0 Å². The predicted octanol–water partition coefficient (Wildman–Crippen LogP) is 3.06. The third kappa shape index (κ3) is 3.93. The van der Waals surface area contributed by atoms with Gasteiger partial charge in [0.05, 0.1) is 6.04 Å². The van der Waals surface area contributed by atoms with Gasteiger partial charge < -0.3 is 10.6 Å². The number of nitrogens with zero attached hydrogens (tertiary/aromatic N) is 2. The lowest BCUT2D eigenvalue weighted by Gasteiger charge is -2.26. The Morgan fingerprint density at radius 3 is 2.53 bits per heavy atom. The number of nitrogens with two attached hydrogens (primary N) is 1. The zero-order valence-corrected chi connectivity index (χ0v) is 11.6. The highest BCUT2D eigenvalue weighted by molar-refractivity contribution is 6.30. The van der Waals surface area contributed by atoms with E-state index in [0.29, 0.717) is 5.96 Å². The van der Waals surface area contributed by atoms with Crippen molar-refractivity contribution in [2.75, 3.05) is 7.05 Å². The van der Waals surface area contributed by atoms with E-state index in [9.17, 15) is 0 Å². The summed E-state index contributed by atoms with van der Waals surface area (Å²) in [6.07, 6.45) is 0. The topological polar surface area (TPSA) is 41.6 Å². The first-order chi connectivity index (χ1) is 7.91. The average molecular weight is 254 g/mol. The van der Waals surface area contributed by atoms with Crippen molar-refractivity contribution in [2.45, 2.75) is 32.9 Å². The van der Waals surface area contributed by atoms with E-state index in [1.54, 1.807) is 0 Å². The lowest BCUT2D eigenvalue weighted by molar-refractivity contribution is 0.395. The van der Waals surface area contributed by atoms with Gasteiger partial charge in [0.2, 0.25) is 0 Å². The third-order valence-corrected chi connectivity index (χ3v) is 2.90. The zero-order valence-electron chi connectivity index (χ0n) is 10.8. The molecule has 0 aliphatic carbocycles. The third-order valence-electron chi connectivity index (χ3n) is 2.66. The van der Waals surface area contributed by atoms with Gasteiger partial charge in [-0.3, -0.25) is 4.99 Å². The molecule has 1 aromatic rings. The van der Waals surface area contributed by atoms with Crippen LogP contribution in [0.1, 0.15) is 32.4 Å². The summed E-state index contributed by atoms with van der Waals surface area (Å²) in [5.74, 6) is 0.549. The maximum atomic E-state index is 5.98. The van der Waals surface area contributed by atoms with E-state index < -0.39 is 0 Å². The molecule has 0 bridgehead atoms. The zero-order chi connectivity index (χ0) is 13.0. The Labute approximate surface area is 108 Å². The molecule has 1 atom stereocenters. The Kier molecular flexibility index (Phi) is 4.82. The first-order valence-corrected chi connectivity index (χ1v) is 6.11. The van der Waals surface area contributed by atoms with Crippen molar-refractivity contribution in [1.29, 1.82) is 0 Å². The van der Waals surface area contributed by atoms with Crippen LogP contribution in [0, 0.1) is 0 Å². The van der Waals surface area contributed by atoms with Crippen molar-refractivity contribution in [2.24, 2.45) is 10.7 Å². The number of guanidine groups is 1. The molecule has 1 unspecified atom stereocenters. The lowest BCUT2D eigenvalue weighted by atomic mass is 10.1. The van der Waals surface area contributed by atoms with E-state index in [4.69, 9.17) is 17.3 Å². The van der Waals surface area contributed by atoms with Crippen LogP contribution in [0.15, 0.2) is 29.3 Å². The largest absolute Gasteiger partial charge is 0.370 e. The van der Waals surface area contributed by atoms with Gasteiger partial charge in [0.1, 0.15) is 0 Å². The van der Waals surface area contributed by atoms with Crippen LogP contribution in [0.5, 0.6) is 0 Å². The van der Waals surface area contributed by atoms with E-state index in [0.717, 1.165) is 10.6 Å². The van der Waals surface area contributed by atoms with Gasteiger partial charge in [0, 0.05) is 18.1 Å². The summed E-state index contributed by atoms with van der Waals surface area (Å²) in [5.41, 5.74) is 7.06. The summed E-state index contributed by atoms with van der Waals surface area (Å²) in [7, 11) is 1.94. The fraction of sp³-hybridized carbons (Fsp3) is 0.462. The van der Waals surface area contributed by atoms with Gasteiger partial charge in [-0.05, 0) is 38.5 Å². The number of benzene rings is 1. The van der Waals surface area contributed by atoms with E-state index in [1.807, 2.05) is 50.1 Å². The highest BCUT2D eigenvalue weighted by Crippen LogP contribution is 2.21. The molecule has 0 amide bonds. The van der Waals surface area contributed by atoms with Crippen molar-refractivity contribution >= 4 is 17.6 Å². The molecule has 0 saturated carbocycles. The molecule has 4 heteroatoms. The van der Waals surface area contributed by atoms with Crippen molar-refractivity contribution < 1.29 is 0 Å². The number of aliphatic imine (C=N–C) groups is 1. The van der Waals surface area contributed by atoms with Crippen LogP contribution in [0.3, 0.4) is 0 Å². The number of hydrogen-bond acceptors (Lipinski definition) is 1. The molecular weight excluding hydrogens is 234 g/mol. The molecule has 0 aliphatic heterocycles. The van der Waals surface area contributed by atoms with Crippen molar-refractivity contribution in [3.63, 3.8) is 0 Å². The van der Waals surface area contributed by atoms with Crippen LogP contribution >= 0.6 is 11.6 Å². The van der Waals surface area contributed by atoms with Crippen LogP contribution in [0.25, 0.3) is 0 Å². The van der Waals surface area contributed by atoms with Crippen LogP contribution < -0.4 is 5.73 Å². The SMILES string of the molecule is CC(C)N=C(N)N(C)C(C)c1cccc(Cl)c1. The van der Waals surface area contributed by atoms with Gasteiger partial charge in [-0.1, -0.05) is 23.7 Å². The summed E-state index contributed by atoms with van der Waals surface area (Å²) in [6.45, 7) is 6.09. The molecule has 0 heterocycles. The van der Waals surface area contributed by atoms with Gasteiger partial charge >= 0.3 is 0 Å². The molecule has 1 aromatic carbocycles. The van der Waals surface area contributed by atoms with Gasteiger partial charge in [0.25, 0.3) is 0 Å². The molecule has 0 fully saturated rings. The van der Waals surface area contributed by atoms with Crippen molar-refractivity contribution in [3.8, 4) is 0 Å². The molecule has 17 heavy (non-hydrogen) atoms. The van der Waals surface area contributed by atoms with Gasteiger partial charge in [-0.25, -0.2) is 0 Å². The second-order valence-corrected chi connectivity index (χ2v) is 4.86. The van der Waals surface area contributed by atoms with Crippen molar-refractivity contribution in [3.05, 3.63) is 34.9 Å². The highest BCUT2D eigenvalue weighted by Gasteiger charge is 2.13.